The number of rotatable bonds is 8. The Labute approximate surface area is 121 Å². The molecule has 1 aliphatic heterocycles. The van der Waals surface area contributed by atoms with E-state index in [1.165, 1.54) is 0 Å². The largest absolute Gasteiger partial charge is 0.465 e. The first kappa shape index (κ1) is 17.4. The van der Waals surface area contributed by atoms with Gasteiger partial charge in [0.15, 0.2) is 9.84 Å². The molecule has 6 nitrogen and oxygen atoms in total. The Kier molecular flexibility index (Phi) is 6.91. The summed E-state index contributed by atoms with van der Waals surface area (Å²) < 4.78 is 28.1. The van der Waals surface area contributed by atoms with Gasteiger partial charge in [-0.3, -0.25) is 4.79 Å². The molecule has 2 unspecified atom stereocenters. The van der Waals surface area contributed by atoms with Gasteiger partial charge in [-0.25, -0.2) is 8.42 Å². The maximum Gasteiger partial charge on any atom is 0.324 e. The van der Waals surface area contributed by atoms with Crippen LogP contribution in [0.1, 0.15) is 26.7 Å². The summed E-state index contributed by atoms with van der Waals surface area (Å²) in [5.74, 6) is 0.162. The summed E-state index contributed by atoms with van der Waals surface area (Å²) in [6.07, 6.45) is 1.57. The minimum atomic E-state index is -2.90. The molecule has 1 fully saturated rings. The Balaban J connectivity index is 2.57. The highest BCUT2D eigenvalue weighted by Crippen LogP contribution is 2.16. The lowest BCUT2D eigenvalue weighted by Gasteiger charge is -2.27. The Morgan fingerprint density at radius 3 is 2.65 bits per heavy atom. The minimum Gasteiger partial charge on any atom is -0.465 e. The number of likely N-dealkylation sites (N-methyl/N-ethyl adjacent to an activating group) is 1. The summed E-state index contributed by atoms with van der Waals surface area (Å²) >= 11 is 0. The van der Waals surface area contributed by atoms with Gasteiger partial charge >= 0.3 is 5.97 Å². The highest BCUT2D eigenvalue weighted by Gasteiger charge is 2.32. The molecule has 0 amide bonds. The molecule has 2 atom stereocenters. The summed E-state index contributed by atoms with van der Waals surface area (Å²) in [4.78, 5) is 13.9. The van der Waals surface area contributed by atoms with E-state index in [2.05, 4.69) is 5.32 Å². The summed E-state index contributed by atoms with van der Waals surface area (Å²) in [7, 11) is -1.04. The molecule has 0 radical (unpaired) electrons. The van der Waals surface area contributed by atoms with Crippen molar-refractivity contribution in [2.24, 2.45) is 0 Å². The average molecular weight is 306 g/mol. The van der Waals surface area contributed by atoms with Crippen LogP contribution in [0.25, 0.3) is 0 Å². The van der Waals surface area contributed by atoms with Gasteiger partial charge in [0.2, 0.25) is 0 Å². The van der Waals surface area contributed by atoms with Gasteiger partial charge in [-0.05, 0) is 33.4 Å². The maximum absolute atomic E-state index is 11.9. The third-order valence-electron chi connectivity index (χ3n) is 3.51. The number of esters is 1. The normalized spacial score (nSPS) is 22.9. The molecule has 1 saturated heterocycles. The van der Waals surface area contributed by atoms with Gasteiger partial charge in [-0.15, -0.1) is 0 Å². The van der Waals surface area contributed by atoms with Gasteiger partial charge in [0.25, 0.3) is 0 Å². The quantitative estimate of drug-likeness (QED) is 0.638. The van der Waals surface area contributed by atoms with Crippen molar-refractivity contribution in [1.29, 1.82) is 0 Å². The molecule has 7 heteroatoms. The number of nitrogens with one attached hydrogen (secondary N) is 1. The van der Waals surface area contributed by atoms with Crippen LogP contribution in [0, 0.1) is 0 Å². The highest BCUT2D eigenvalue weighted by molar-refractivity contribution is 7.91. The standard InChI is InChI=1S/C13H26N2O4S/c1-4-7-14-12(13(16)19-5-2)9-15(3)11-6-8-20(17,18)10-11/h11-12,14H,4-10H2,1-3H3. The number of hydrogen-bond acceptors (Lipinski definition) is 6. The SMILES string of the molecule is CCCNC(CN(C)C1CCS(=O)(=O)C1)C(=O)OCC. The molecule has 0 saturated carbocycles. The van der Waals surface area contributed by atoms with Crippen molar-refractivity contribution < 1.29 is 17.9 Å². The lowest BCUT2D eigenvalue weighted by molar-refractivity contribution is -0.146. The fraction of sp³-hybridized carbons (Fsp3) is 0.923. The number of nitrogens with zero attached hydrogens (tertiary/aromatic N) is 1. The molecular formula is C13H26N2O4S. The fourth-order valence-corrected chi connectivity index (χ4v) is 4.15. The molecular weight excluding hydrogens is 280 g/mol. The van der Waals surface area contributed by atoms with Crippen LogP contribution in [0.4, 0.5) is 0 Å². The Morgan fingerprint density at radius 1 is 1.45 bits per heavy atom. The molecule has 0 aliphatic carbocycles. The van der Waals surface area contributed by atoms with E-state index in [1.807, 2.05) is 18.9 Å². The van der Waals surface area contributed by atoms with Gasteiger partial charge in [-0.2, -0.15) is 0 Å². The van der Waals surface area contributed by atoms with Crippen LogP contribution in [0.15, 0.2) is 0 Å². The van der Waals surface area contributed by atoms with E-state index < -0.39 is 15.9 Å². The summed E-state index contributed by atoms with van der Waals surface area (Å²) in [6, 6.07) is -0.399. The van der Waals surface area contributed by atoms with Crippen LogP contribution in [0.3, 0.4) is 0 Å². The predicted octanol–water partition coefficient (Wildman–Crippen LogP) is 0.0366. The van der Waals surface area contributed by atoms with Crippen molar-refractivity contribution in [3.8, 4) is 0 Å². The molecule has 20 heavy (non-hydrogen) atoms. The lowest BCUT2D eigenvalue weighted by atomic mass is 10.2. The monoisotopic (exact) mass is 306 g/mol. The second-order valence-electron chi connectivity index (χ2n) is 5.26. The van der Waals surface area contributed by atoms with E-state index in [4.69, 9.17) is 4.74 Å². The van der Waals surface area contributed by atoms with Crippen molar-refractivity contribution in [2.75, 3.05) is 38.2 Å². The number of hydrogen-bond donors (Lipinski definition) is 1. The number of carbonyl (C=O) groups excluding carboxylic acids is 1. The van der Waals surface area contributed by atoms with Gasteiger partial charge in [0.1, 0.15) is 6.04 Å². The minimum absolute atomic E-state index is 0.000327. The zero-order valence-corrected chi connectivity index (χ0v) is 13.4. The van der Waals surface area contributed by atoms with Crippen LogP contribution >= 0.6 is 0 Å². The summed E-state index contributed by atoms with van der Waals surface area (Å²) in [6.45, 7) is 5.37. The summed E-state index contributed by atoms with van der Waals surface area (Å²) in [5.41, 5.74) is 0. The van der Waals surface area contributed by atoms with Crippen LogP contribution in [-0.4, -0.2) is 69.6 Å². The van der Waals surface area contributed by atoms with E-state index >= 15 is 0 Å². The third kappa shape index (κ3) is 5.38. The maximum atomic E-state index is 11.9. The highest BCUT2D eigenvalue weighted by atomic mass is 32.2. The van der Waals surface area contributed by atoms with Crippen molar-refractivity contribution in [3.05, 3.63) is 0 Å². The Hall–Kier alpha value is -0.660. The molecule has 1 rings (SSSR count). The summed E-state index contributed by atoms with van der Waals surface area (Å²) in [5, 5.41) is 3.16. The van der Waals surface area contributed by atoms with Crippen LogP contribution < -0.4 is 5.32 Å². The number of sulfone groups is 1. The third-order valence-corrected chi connectivity index (χ3v) is 5.26. The van der Waals surface area contributed by atoms with Crippen molar-refractivity contribution in [1.82, 2.24) is 10.2 Å². The Morgan fingerprint density at radius 2 is 2.15 bits per heavy atom. The molecule has 0 bridgehead atoms. The van der Waals surface area contributed by atoms with Gasteiger partial charge in [-0.1, -0.05) is 6.92 Å². The van der Waals surface area contributed by atoms with E-state index in [-0.39, 0.29) is 23.5 Å². The molecule has 0 aromatic heterocycles. The molecule has 0 aromatic rings. The topological polar surface area (TPSA) is 75.7 Å². The molecule has 1 heterocycles. The number of ether oxygens (including phenoxy) is 1. The van der Waals surface area contributed by atoms with Crippen LogP contribution in [0.2, 0.25) is 0 Å². The van der Waals surface area contributed by atoms with E-state index in [0.29, 0.717) is 19.6 Å². The van der Waals surface area contributed by atoms with Crippen molar-refractivity contribution >= 4 is 15.8 Å². The van der Waals surface area contributed by atoms with E-state index in [9.17, 15) is 13.2 Å². The molecule has 1 N–H and O–H groups in total. The van der Waals surface area contributed by atoms with Crippen molar-refractivity contribution in [3.63, 3.8) is 0 Å². The lowest BCUT2D eigenvalue weighted by Crippen LogP contribution is -2.49. The first-order valence-corrected chi connectivity index (χ1v) is 9.02. The first-order chi connectivity index (χ1) is 9.39. The zero-order chi connectivity index (χ0) is 15.2. The van der Waals surface area contributed by atoms with Gasteiger partial charge in [0, 0.05) is 12.6 Å². The second kappa shape index (κ2) is 7.95. The van der Waals surface area contributed by atoms with Crippen LogP contribution in [0.5, 0.6) is 0 Å². The Bertz CT molecular complexity index is 411. The molecule has 0 spiro atoms. The first-order valence-electron chi connectivity index (χ1n) is 7.20. The fourth-order valence-electron chi connectivity index (χ4n) is 2.34. The molecule has 1 aliphatic rings. The second-order valence-corrected chi connectivity index (χ2v) is 7.48. The molecule has 118 valence electrons. The smallest absolute Gasteiger partial charge is 0.324 e. The van der Waals surface area contributed by atoms with Gasteiger partial charge in [0.05, 0.1) is 18.1 Å². The zero-order valence-electron chi connectivity index (χ0n) is 12.6. The van der Waals surface area contributed by atoms with Crippen molar-refractivity contribution in [2.45, 2.75) is 38.8 Å². The van der Waals surface area contributed by atoms with E-state index in [0.717, 1.165) is 13.0 Å². The average Bonchev–Trinajstić information content (AvgIpc) is 2.75. The molecule has 0 aromatic carbocycles. The van der Waals surface area contributed by atoms with Crippen LogP contribution in [-0.2, 0) is 19.4 Å². The number of carbonyl (C=O) groups is 1. The van der Waals surface area contributed by atoms with E-state index in [1.54, 1.807) is 6.92 Å². The predicted molar refractivity (Wildman–Crippen MR) is 78.4 cm³/mol. The van der Waals surface area contributed by atoms with Gasteiger partial charge < -0.3 is 15.0 Å².